The number of halogens is 1. The Hall–Kier alpha value is -0.890. The van der Waals surface area contributed by atoms with Crippen LogP contribution in [0.5, 0.6) is 0 Å². The molecule has 0 aliphatic carbocycles. The van der Waals surface area contributed by atoms with Gasteiger partial charge in [-0.15, -0.1) is 11.6 Å². The van der Waals surface area contributed by atoms with Crippen molar-refractivity contribution in [2.75, 3.05) is 29.7 Å². The Labute approximate surface area is 103 Å². The molecule has 1 aliphatic rings. The summed E-state index contributed by atoms with van der Waals surface area (Å²) in [5.74, 6) is 0.710. The van der Waals surface area contributed by atoms with E-state index >= 15 is 0 Å². The maximum absolute atomic E-state index is 5.73. The highest BCUT2D eigenvalue weighted by atomic mass is 35.5. The normalized spacial score (nSPS) is 16.1. The van der Waals surface area contributed by atoms with Gasteiger partial charge in [0.1, 0.15) is 0 Å². The van der Waals surface area contributed by atoms with Crippen molar-refractivity contribution in [2.24, 2.45) is 0 Å². The molecule has 1 N–H and O–H groups in total. The highest BCUT2D eigenvalue weighted by Gasteiger charge is 2.15. The summed E-state index contributed by atoms with van der Waals surface area (Å²) in [4.78, 5) is 2.31. The molecule has 0 amide bonds. The van der Waals surface area contributed by atoms with Gasteiger partial charge in [-0.2, -0.15) is 0 Å². The maximum atomic E-state index is 5.73. The van der Waals surface area contributed by atoms with Gasteiger partial charge in [-0.3, -0.25) is 0 Å². The van der Waals surface area contributed by atoms with Crippen molar-refractivity contribution in [1.82, 2.24) is 0 Å². The van der Waals surface area contributed by atoms with E-state index in [1.165, 1.54) is 16.9 Å². The van der Waals surface area contributed by atoms with Crippen molar-refractivity contribution in [3.63, 3.8) is 0 Å². The van der Waals surface area contributed by atoms with Gasteiger partial charge >= 0.3 is 0 Å². The highest BCUT2D eigenvalue weighted by molar-refractivity contribution is 6.17. The molecule has 1 unspecified atom stereocenters. The zero-order valence-corrected chi connectivity index (χ0v) is 10.7. The molecule has 16 heavy (non-hydrogen) atoms. The molecule has 1 heterocycles. The van der Waals surface area contributed by atoms with Crippen LogP contribution in [0.25, 0.3) is 0 Å². The fourth-order valence-corrected chi connectivity index (χ4v) is 2.50. The van der Waals surface area contributed by atoms with Gasteiger partial charge in [0.25, 0.3) is 0 Å². The van der Waals surface area contributed by atoms with Crippen LogP contribution in [0.3, 0.4) is 0 Å². The summed E-state index contributed by atoms with van der Waals surface area (Å²) >= 11 is 5.73. The summed E-state index contributed by atoms with van der Waals surface area (Å²) in [5, 5.41) is 3.48. The van der Waals surface area contributed by atoms with Crippen molar-refractivity contribution in [2.45, 2.75) is 25.8 Å². The molecule has 1 aliphatic heterocycles. The molecule has 0 spiro atoms. The Kier molecular flexibility index (Phi) is 3.59. The van der Waals surface area contributed by atoms with E-state index in [1.807, 2.05) is 0 Å². The topological polar surface area (TPSA) is 15.3 Å². The fourth-order valence-electron chi connectivity index (χ4n) is 2.18. The highest BCUT2D eigenvalue weighted by Crippen LogP contribution is 2.29. The van der Waals surface area contributed by atoms with Crippen LogP contribution in [-0.4, -0.2) is 25.5 Å². The molecule has 2 nitrogen and oxygen atoms in total. The number of hydrogen-bond donors (Lipinski definition) is 1. The zero-order valence-electron chi connectivity index (χ0n) is 9.96. The van der Waals surface area contributed by atoms with Gasteiger partial charge in [0.2, 0.25) is 0 Å². The van der Waals surface area contributed by atoms with Crippen LogP contribution in [0, 0.1) is 0 Å². The van der Waals surface area contributed by atoms with E-state index in [2.05, 4.69) is 42.4 Å². The summed E-state index contributed by atoms with van der Waals surface area (Å²) in [6, 6.07) is 7.07. The number of anilines is 2. The van der Waals surface area contributed by atoms with E-state index in [1.54, 1.807) is 0 Å². The number of likely N-dealkylation sites (N-methyl/N-ethyl adjacent to an activating group) is 1. The SMILES string of the molecule is CC(CCCl)Nc1ccc2c(c1)CCN2C. The molecule has 1 aromatic carbocycles. The smallest absolute Gasteiger partial charge is 0.0398 e. The van der Waals surface area contributed by atoms with Crippen molar-refractivity contribution in [3.05, 3.63) is 23.8 Å². The fraction of sp³-hybridized carbons (Fsp3) is 0.538. The van der Waals surface area contributed by atoms with Crippen molar-refractivity contribution in [3.8, 4) is 0 Å². The van der Waals surface area contributed by atoms with Crippen LogP contribution in [0.2, 0.25) is 0 Å². The number of nitrogens with one attached hydrogen (secondary N) is 1. The van der Waals surface area contributed by atoms with Crippen LogP contribution in [0.1, 0.15) is 18.9 Å². The molecule has 0 fully saturated rings. The van der Waals surface area contributed by atoms with Gasteiger partial charge in [-0.05, 0) is 43.5 Å². The molecule has 0 aromatic heterocycles. The number of hydrogen-bond acceptors (Lipinski definition) is 2. The molecule has 0 radical (unpaired) electrons. The average Bonchev–Trinajstić information content (AvgIpc) is 2.60. The number of benzene rings is 1. The lowest BCUT2D eigenvalue weighted by Gasteiger charge is -2.16. The summed E-state index contributed by atoms with van der Waals surface area (Å²) in [5.41, 5.74) is 4.03. The minimum atomic E-state index is 0.440. The quantitative estimate of drug-likeness (QED) is 0.811. The Morgan fingerprint density at radius 2 is 2.31 bits per heavy atom. The molecule has 0 saturated carbocycles. The zero-order chi connectivity index (χ0) is 11.5. The standard InChI is InChI=1S/C13H19ClN2/c1-10(5-7-14)15-12-3-4-13-11(9-12)6-8-16(13)2/h3-4,9-10,15H,5-8H2,1-2H3. The maximum Gasteiger partial charge on any atom is 0.0398 e. The van der Waals surface area contributed by atoms with Gasteiger partial charge in [-0.25, -0.2) is 0 Å². The van der Waals surface area contributed by atoms with Crippen molar-refractivity contribution in [1.29, 1.82) is 0 Å². The van der Waals surface area contributed by atoms with Crippen molar-refractivity contribution >= 4 is 23.0 Å². The largest absolute Gasteiger partial charge is 0.383 e. The summed E-state index contributed by atoms with van der Waals surface area (Å²) in [6.45, 7) is 3.30. The van der Waals surface area contributed by atoms with E-state index < -0.39 is 0 Å². The van der Waals surface area contributed by atoms with Gasteiger partial charge in [-0.1, -0.05) is 0 Å². The lowest BCUT2D eigenvalue weighted by molar-refractivity contribution is 0.769. The van der Waals surface area contributed by atoms with Crippen LogP contribution >= 0.6 is 11.6 Å². The van der Waals surface area contributed by atoms with Crippen LogP contribution < -0.4 is 10.2 Å². The molecule has 1 aromatic rings. The molecule has 2 rings (SSSR count). The first-order valence-corrected chi connectivity index (χ1v) is 6.40. The van der Waals surface area contributed by atoms with Crippen LogP contribution in [-0.2, 0) is 6.42 Å². The number of fused-ring (bicyclic) bond motifs is 1. The molecular weight excluding hydrogens is 220 g/mol. The molecule has 0 saturated heterocycles. The molecule has 1 atom stereocenters. The minimum absolute atomic E-state index is 0.440. The average molecular weight is 239 g/mol. The summed E-state index contributed by atoms with van der Waals surface area (Å²) in [7, 11) is 2.15. The Morgan fingerprint density at radius 1 is 1.50 bits per heavy atom. The minimum Gasteiger partial charge on any atom is -0.383 e. The third kappa shape index (κ3) is 2.43. The van der Waals surface area contributed by atoms with Gasteiger partial charge in [0, 0.05) is 36.9 Å². The molecule has 3 heteroatoms. The first-order chi connectivity index (χ1) is 7.70. The van der Waals surface area contributed by atoms with E-state index in [9.17, 15) is 0 Å². The monoisotopic (exact) mass is 238 g/mol. The van der Waals surface area contributed by atoms with E-state index in [-0.39, 0.29) is 0 Å². The molecule has 88 valence electrons. The molecule has 0 bridgehead atoms. The third-order valence-electron chi connectivity index (χ3n) is 3.16. The number of alkyl halides is 1. The predicted molar refractivity (Wildman–Crippen MR) is 71.8 cm³/mol. The van der Waals surface area contributed by atoms with E-state index in [4.69, 9.17) is 11.6 Å². The van der Waals surface area contributed by atoms with Gasteiger partial charge in [0.15, 0.2) is 0 Å². The Bertz CT molecular complexity index is 365. The van der Waals surface area contributed by atoms with Crippen LogP contribution in [0.4, 0.5) is 11.4 Å². The summed E-state index contributed by atoms with van der Waals surface area (Å²) in [6.07, 6.45) is 2.16. The van der Waals surface area contributed by atoms with Gasteiger partial charge < -0.3 is 10.2 Å². The third-order valence-corrected chi connectivity index (χ3v) is 3.38. The summed E-state index contributed by atoms with van der Waals surface area (Å²) < 4.78 is 0. The predicted octanol–water partition coefficient (Wildman–Crippen LogP) is 3.11. The van der Waals surface area contributed by atoms with Crippen LogP contribution in [0.15, 0.2) is 18.2 Å². The second-order valence-corrected chi connectivity index (χ2v) is 4.92. The number of nitrogens with zero attached hydrogens (tertiary/aromatic N) is 1. The lowest BCUT2D eigenvalue weighted by Crippen LogP contribution is -2.15. The lowest BCUT2D eigenvalue weighted by atomic mass is 10.1. The molecular formula is C13H19ClN2. The van der Waals surface area contributed by atoms with E-state index in [0.29, 0.717) is 11.9 Å². The first-order valence-electron chi connectivity index (χ1n) is 5.87. The second-order valence-electron chi connectivity index (χ2n) is 4.54. The Balaban J connectivity index is 2.07. The second kappa shape index (κ2) is 4.96. The Morgan fingerprint density at radius 3 is 3.06 bits per heavy atom. The van der Waals surface area contributed by atoms with Gasteiger partial charge in [0.05, 0.1) is 0 Å². The number of rotatable bonds is 4. The first kappa shape index (κ1) is 11.6. The van der Waals surface area contributed by atoms with Crippen molar-refractivity contribution < 1.29 is 0 Å². The van der Waals surface area contributed by atoms with E-state index in [0.717, 1.165) is 19.4 Å².